The van der Waals surface area contributed by atoms with Crippen LogP contribution in [0.15, 0.2) is 30.3 Å². The summed E-state index contributed by atoms with van der Waals surface area (Å²) in [5, 5.41) is 0.516. The molecule has 1 atom stereocenters. The normalized spacial score (nSPS) is 14.9. The topological polar surface area (TPSA) is 18.5 Å². The summed E-state index contributed by atoms with van der Waals surface area (Å²) in [7, 11) is 0. The number of benzene rings is 2. The van der Waals surface area contributed by atoms with Crippen LogP contribution >= 0.6 is 27.5 Å². The van der Waals surface area contributed by atoms with Gasteiger partial charge in [0.05, 0.1) is 4.83 Å². The molecule has 0 fully saturated rings. The van der Waals surface area contributed by atoms with E-state index >= 15 is 0 Å². The van der Waals surface area contributed by atoms with E-state index in [4.69, 9.17) is 21.1 Å². The third-order valence-corrected chi connectivity index (χ3v) is 4.74. The molecule has 0 spiro atoms. The maximum absolute atomic E-state index is 14.3. The molecule has 2 aromatic rings. The van der Waals surface area contributed by atoms with Crippen molar-refractivity contribution in [3.05, 3.63) is 57.9 Å². The Kier molecular flexibility index (Phi) is 4.09. The number of aryl methyl sites for hydroxylation is 1. The van der Waals surface area contributed by atoms with Gasteiger partial charge in [-0.1, -0.05) is 45.7 Å². The van der Waals surface area contributed by atoms with Crippen LogP contribution in [0.2, 0.25) is 5.02 Å². The van der Waals surface area contributed by atoms with E-state index in [9.17, 15) is 4.39 Å². The van der Waals surface area contributed by atoms with Crippen molar-refractivity contribution in [2.75, 3.05) is 13.2 Å². The lowest BCUT2D eigenvalue weighted by Crippen LogP contribution is -2.15. The van der Waals surface area contributed by atoms with E-state index in [1.807, 2.05) is 6.07 Å². The van der Waals surface area contributed by atoms with Gasteiger partial charge in [-0.25, -0.2) is 4.39 Å². The molecule has 5 heteroatoms. The first kappa shape index (κ1) is 14.7. The van der Waals surface area contributed by atoms with E-state index in [-0.39, 0.29) is 10.6 Å². The maximum Gasteiger partial charge on any atom is 0.162 e. The molecule has 0 bridgehead atoms. The summed E-state index contributed by atoms with van der Waals surface area (Å²) in [5.74, 6) is 1.03. The van der Waals surface area contributed by atoms with Crippen LogP contribution in [0.3, 0.4) is 0 Å². The molecule has 0 amide bonds. The summed E-state index contributed by atoms with van der Waals surface area (Å²) in [6.45, 7) is 2.75. The molecular formula is C16H13BrClFO2. The lowest BCUT2D eigenvalue weighted by Gasteiger charge is -2.21. The quantitative estimate of drug-likeness (QED) is 0.688. The van der Waals surface area contributed by atoms with Gasteiger partial charge < -0.3 is 9.47 Å². The summed E-state index contributed by atoms with van der Waals surface area (Å²) < 4.78 is 25.3. The largest absolute Gasteiger partial charge is 0.486 e. The van der Waals surface area contributed by atoms with Crippen LogP contribution in [0.5, 0.6) is 11.5 Å². The van der Waals surface area contributed by atoms with Crippen molar-refractivity contribution in [3.63, 3.8) is 0 Å². The monoisotopic (exact) mass is 370 g/mol. The van der Waals surface area contributed by atoms with E-state index in [2.05, 4.69) is 15.9 Å². The van der Waals surface area contributed by atoms with Crippen molar-refractivity contribution in [2.24, 2.45) is 0 Å². The molecule has 1 heterocycles. The molecule has 1 aliphatic heterocycles. The van der Waals surface area contributed by atoms with Gasteiger partial charge in [0.1, 0.15) is 19.0 Å². The average Bonchev–Trinajstić information content (AvgIpc) is 2.48. The third-order valence-electron chi connectivity index (χ3n) is 3.43. The molecule has 0 N–H and O–H groups in total. The molecule has 110 valence electrons. The molecular weight excluding hydrogens is 359 g/mol. The maximum atomic E-state index is 14.3. The number of ether oxygens (including phenoxy) is 2. The standard InChI is InChI=1S/C16H13BrClFO2/c1-9-3-2-4-10(16(9)19)15(17)11-7-13-14(8-12(11)18)21-6-5-20-13/h2-4,7-8,15H,5-6H2,1H3. The fraction of sp³-hybridized carbons (Fsp3) is 0.250. The molecule has 2 aromatic carbocycles. The van der Waals surface area contributed by atoms with Crippen molar-refractivity contribution >= 4 is 27.5 Å². The Hall–Kier alpha value is -1.26. The Morgan fingerprint density at radius 1 is 1.14 bits per heavy atom. The van der Waals surface area contributed by atoms with Gasteiger partial charge in [0.2, 0.25) is 0 Å². The Bertz CT molecular complexity index is 690. The van der Waals surface area contributed by atoms with Gasteiger partial charge >= 0.3 is 0 Å². The molecule has 0 aromatic heterocycles. The summed E-state index contributed by atoms with van der Waals surface area (Å²) in [5.41, 5.74) is 1.91. The highest BCUT2D eigenvalue weighted by Crippen LogP contribution is 2.43. The predicted octanol–water partition coefficient (Wildman–Crippen LogP) is 5.04. The van der Waals surface area contributed by atoms with Crippen LogP contribution in [0.25, 0.3) is 0 Å². The Labute approximate surface area is 136 Å². The number of hydrogen-bond donors (Lipinski definition) is 0. The first-order valence-electron chi connectivity index (χ1n) is 6.56. The van der Waals surface area contributed by atoms with Crippen molar-refractivity contribution < 1.29 is 13.9 Å². The summed E-state index contributed by atoms with van der Waals surface area (Å²) >= 11 is 9.85. The number of rotatable bonds is 2. The molecule has 1 aliphatic rings. The van der Waals surface area contributed by atoms with Crippen molar-refractivity contribution in [2.45, 2.75) is 11.8 Å². The highest BCUT2D eigenvalue weighted by atomic mass is 79.9. The number of alkyl halides is 1. The molecule has 3 rings (SSSR count). The van der Waals surface area contributed by atoms with Crippen LogP contribution in [0, 0.1) is 12.7 Å². The summed E-state index contributed by atoms with van der Waals surface area (Å²) in [6.07, 6.45) is 0. The second-order valence-electron chi connectivity index (χ2n) is 4.86. The van der Waals surface area contributed by atoms with Gasteiger partial charge in [0.25, 0.3) is 0 Å². The number of halogens is 3. The molecule has 0 radical (unpaired) electrons. The molecule has 21 heavy (non-hydrogen) atoms. The van der Waals surface area contributed by atoms with E-state index in [0.29, 0.717) is 40.9 Å². The Morgan fingerprint density at radius 3 is 2.52 bits per heavy atom. The first-order chi connectivity index (χ1) is 10.1. The van der Waals surface area contributed by atoms with Crippen LogP contribution in [0.4, 0.5) is 4.39 Å². The van der Waals surface area contributed by atoms with Gasteiger partial charge in [-0.05, 0) is 24.1 Å². The molecule has 0 saturated heterocycles. The zero-order valence-corrected chi connectivity index (χ0v) is 13.7. The number of fused-ring (bicyclic) bond motifs is 1. The van der Waals surface area contributed by atoms with Crippen LogP contribution < -0.4 is 9.47 Å². The highest BCUT2D eigenvalue weighted by molar-refractivity contribution is 9.09. The Balaban J connectivity index is 2.05. The van der Waals surface area contributed by atoms with Crippen molar-refractivity contribution in [1.82, 2.24) is 0 Å². The zero-order valence-electron chi connectivity index (χ0n) is 11.3. The average molecular weight is 372 g/mol. The minimum absolute atomic E-state index is 0.231. The number of hydrogen-bond acceptors (Lipinski definition) is 2. The summed E-state index contributed by atoms with van der Waals surface area (Å²) in [6, 6.07) is 8.83. The van der Waals surface area contributed by atoms with Crippen molar-refractivity contribution in [3.8, 4) is 11.5 Å². The van der Waals surface area contributed by atoms with Gasteiger partial charge in [0, 0.05) is 16.7 Å². The van der Waals surface area contributed by atoms with Crippen LogP contribution in [-0.2, 0) is 0 Å². The molecule has 1 unspecified atom stereocenters. The highest BCUT2D eigenvalue weighted by Gasteiger charge is 2.22. The lowest BCUT2D eigenvalue weighted by atomic mass is 10.0. The molecule has 0 aliphatic carbocycles. The second-order valence-corrected chi connectivity index (χ2v) is 6.18. The fourth-order valence-corrected chi connectivity index (χ4v) is 3.43. The van der Waals surface area contributed by atoms with Gasteiger partial charge in [-0.3, -0.25) is 0 Å². The van der Waals surface area contributed by atoms with Crippen LogP contribution in [-0.4, -0.2) is 13.2 Å². The van der Waals surface area contributed by atoms with E-state index in [1.165, 1.54) is 0 Å². The SMILES string of the molecule is Cc1cccc(C(Br)c2cc3c(cc2Cl)OCCO3)c1F. The van der Waals surface area contributed by atoms with Gasteiger partial charge in [0.15, 0.2) is 11.5 Å². The third kappa shape index (κ3) is 2.74. The van der Waals surface area contributed by atoms with E-state index < -0.39 is 0 Å². The zero-order chi connectivity index (χ0) is 15.0. The summed E-state index contributed by atoms with van der Waals surface area (Å²) in [4.78, 5) is -0.347. The second kappa shape index (κ2) is 5.85. The smallest absolute Gasteiger partial charge is 0.162 e. The minimum atomic E-state index is -0.347. The molecule has 0 saturated carbocycles. The van der Waals surface area contributed by atoms with Gasteiger partial charge in [-0.2, -0.15) is 0 Å². The van der Waals surface area contributed by atoms with E-state index in [1.54, 1.807) is 31.2 Å². The minimum Gasteiger partial charge on any atom is -0.486 e. The lowest BCUT2D eigenvalue weighted by molar-refractivity contribution is 0.171. The molecule has 2 nitrogen and oxygen atoms in total. The Morgan fingerprint density at radius 2 is 1.81 bits per heavy atom. The predicted molar refractivity (Wildman–Crippen MR) is 84.3 cm³/mol. The van der Waals surface area contributed by atoms with Crippen LogP contribution in [0.1, 0.15) is 21.5 Å². The fourth-order valence-electron chi connectivity index (χ4n) is 2.31. The van der Waals surface area contributed by atoms with Crippen molar-refractivity contribution in [1.29, 1.82) is 0 Å². The van der Waals surface area contributed by atoms with E-state index in [0.717, 1.165) is 5.56 Å². The van der Waals surface area contributed by atoms with Gasteiger partial charge in [-0.15, -0.1) is 0 Å². The first-order valence-corrected chi connectivity index (χ1v) is 7.85.